The molecule has 2 aromatic carbocycles. The summed E-state index contributed by atoms with van der Waals surface area (Å²) in [5.74, 6) is -0.138. The topological polar surface area (TPSA) is 87.3 Å². The van der Waals surface area contributed by atoms with Gasteiger partial charge in [-0.25, -0.2) is 8.42 Å². The zero-order chi connectivity index (χ0) is 18.7. The van der Waals surface area contributed by atoms with Crippen molar-refractivity contribution in [2.45, 2.75) is 37.6 Å². The molecule has 8 heteroatoms. The van der Waals surface area contributed by atoms with E-state index in [9.17, 15) is 13.2 Å². The van der Waals surface area contributed by atoms with Crippen LogP contribution >= 0.6 is 12.4 Å². The summed E-state index contributed by atoms with van der Waals surface area (Å²) in [4.78, 5) is 12.4. The zero-order valence-electron chi connectivity index (χ0n) is 15.3. The molecule has 1 amide bonds. The number of rotatable bonds is 5. The van der Waals surface area contributed by atoms with Crippen LogP contribution in [-0.2, 0) is 14.8 Å². The molecule has 0 spiro atoms. The Hall–Kier alpha value is -2.09. The van der Waals surface area contributed by atoms with E-state index in [4.69, 9.17) is 0 Å². The highest BCUT2D eigenvalue weighted by atomic mass is 35.5. The lowest BCUT2D eigenvalue weighted by Crippen LogP contribution is -2.35. The second kappa shape index (κ2) is 8.73. The first kappa shape index (κ1) is 21.2. The minimum absolute atomic E-state index is 0. The number of nitrogens with one attached hydrogen (secondary N) is 3. The van der Waals surface area contributed by atoms with Crippen molar-refractivity contribution in [3.05, 3.63) is 53.6 Å². The maximum Gasteiger partial charge on any atom is 0.262 e. The number of carbonyl (C=O) groups is 1. The van der Waals surface area contributed by atoms with Crippen LogP contribution in [0.2, 0.25) is 0 Å². The second-order valence-electron chi connectivity index (χ2n) is 6.59. The van der Waals surface area contributed by atoms with Crippen LogP contribution in [0, 0.1) is 13.8 Å². The van der Waals surface area contributed by atoms with Crippen LogP contribution in [0.15, 0.2) is 47.4 Å². The fraction of sp³-hybridized carbons (Fsp3) is 0.316. The van der Waals surface area contributed by atoms with E-state index in [0.717, 1.165) is 24.9 Å². The summed E-state index contributed by atoms with van der Waals surface area (Å²) in [6.45, 7) is 4.46. The van der Waals surface area contributed by atoms with Gasteiger partial charge in [-0.15, -0.1) is 12.4 Å². The van der Waals surface area contributed by atoms with Crippen molar-refractivity contribution < 1.29 is 13.2 Å². The van der Waals surface area contributed by atoms with Crippen molar-refractivity contribution in [2.24, 2.45) is 0 Å². The van der Waals surface area contributed by atoms with Gasteiger partial charge in [-0.3, -0.25) is 9.52 Å². The third-order valence-corrected chi connectivity index (χ3v) is 5.92. The van der Waals surface area contributed by atoms with Crippen molar-refractivity contribution in [3.63, 3.8) is 0 Å². The van der Waals surface area contributed by atoms with Crippen molar-refractivity contribution in [3.8, 4) is 0 Å². The van der Waals surface area contributed by atoms with Crippen LogP contribution < -0.4 is 15.4 Å². The van der Waals surface area contributed by atoms with Gasteiger partial charge in [0.15, 0.2) is 0 Å². The van der Waals surface area contributed by atoms with E-state index in [1.807, 2.05) is 13.0 Å². The van der Waals surface area contributed by atoms with E-state index in [-0.39, 0.29) is 29.3 Å². The first-order chi connectivity index (χ1) is 12.3. The Bertz CT molecular complexity index is 926. The number of benzene rings is 2. The van der Waals surface area contributed by atoms with Crippen LogP contribution in [0.25, 0.3) is 0 Å². The van der Waals surface area contributed by atoms with Gasteiger partial charge in [-0.05, 0) is 68.6 Å². The number of hydrogen-bond acceptors (Lipinski definition) is 4. The van der Waals surface area contributed by atoms with Crippen LogP contribution in [0.4, 0.5) is 11.4 Å². The van der Waals surface area contributed by atoms with Crippen LogP contribution in [-0.4, -0.2) is 26.9 Å². The minimum Gasteiger partial charge on any atom is -0.325 e. The molecule has 1 aliphatic rings. The Balaban J connectivity index is 0.00000261. The Labute approximate surface area is 166 Å². The molecule has 1 atom stereocenters. The molecule has 2 aromatic rings. The van der Waals surface area contributed by atoms with Crippen molar-refractivity contribution in [2.75, 3.05) is 16.6 Å². The molecule has 1 aliphatic heterocycles. The molecule has 0 saturated carbocycles. The standard InChI is InChI=1S/C19H23N3O3S.ClH/c1-13-5-3-6-16(11-13)22-26(24,25)18-12-15(9-8-14(18)2)21-19(23)17-7-4-10-20-17;/h3,5-6,8-9,11-12,17,20,22H,4,7,10H2,1-2H3,(H,21,23);1H. The normalized spacial score (nSPS) is 16.4. The molecule has 0 aliphatic carbocycles. The molecule has 1 unspecified atom stereocenters. The number of halogens is 1. The summed E-state index contributed by atoms with van der Waals surface area (Å²) in [5.41, 5.74) is 2.56. The number of sulfonamides is 1. The number of anilines is 2. The second-order valence-corrected chi connectivity index (χ2v) is 8.24. The summed E-state index contributed by atoms with van der Waals surface area (Å²) in [5, 5.41) is 5.93. The molecule has 1 fully saturated rings. The van der Waals surface area contributed by atoms with Gasteiger partial charge in [0.25, 0.3) is 10.0 Å². The van der Waals surface area contributed by atoms with Crippen LogP contribution in [0.5, 0.6) is 0 Å². The molecule has 3 rings (SSSR count). The third-order valence-electron chi connectivity index (χ3n) is 4.39. The first-order valence-electron chi connectivity index (χ1n) is 8.59. The molecule has 0 bridgehead atoms. The molecular formula is C19H24ClN3O3S. The van der Waals surface area contributed by atoms with E-state index in [1.54, 1.807) is 37.3 Å². The van der Waals surface area contributed by atoms with Crippen molar-refractivity contribution in [1.29, 1.82) is 0 Å². The van der Waals surface area contributed by atoms with Crippen molar-refractivity contribution in [1.82, 2.24) is 5.32 Å². The fourth-order valence-electron chi connectivity index (χ4n) is 3.02. The molecule has 0 radical (unpaired) electrons. The van der Waals surface area contributed by atoms with E-state index in [1.165, 1.54) is 6.07 Å². The number of hydrogen-bond donors (Lipinski definition) is 3. The summed E-state index contributed by atoms with van der Waals surface area (Å²) < 4.78 is 28.2. The highest BCUT2D eigenvalue weighted by Crippen LogP contribution is 2.24. The summed E-state index contributed by atoms with van der Waals surface area (Å²) in [6, 6.07) is 11.9. The first-order valence-corrected chi connectivity index (χ1v) is 10.1. The van der Waals surface area contributed by atoms with Gasteiger partial charge in [0.2, 0.25) is 5.91 Å². The smallest absolute Gasteiger partial charge is 0.262 e. The average molecular weight is 410 g/mol. The Morgan fingerprint density at radius 1 is 1.11 bits per heavy atom. The predicted molar refractivity (Wildman–Crippen MR) is 110 cm³/mol. The van der Waals surface area contributed by atoms with Gasteiger partial charge in [0, 0.05) is 11.4 Å². The maximum absolute atomic E-state index is 12.8. The van der Waals surface area contributed by atoms with Gasteiger partial charge in [0.1, 0.15) is 0 Å². The van der Waals surface area contributed by atoms with Gasteiger partial charge in [-0.2, -0.15) is 0 Å². The SMILES string of the molecule is Cc1cccc(NS(=O)(=O)c2cc(NC(=O)C3CCCN3)ccc2C)c1.Cl. The summed E-state index contributed by atoms with van der Waals surface area (Å²) >= 11 is 0. The number of aryl methyl sites for hydroxylation is 2. The largest absolute Gasteiger partial charge is 0.325 e. The maximum atomic E-state index is 12.8. The van der Waals surface area contributed by atoms with Gasteiger partial charge in [0.05, 0.1) is 10.9 Å². The summed E-state index contributed by atoms with van der Waals surface area (Å²) in [7, 11) is -3.76. The minimum atomic E-state index is -3.76. The molecule has 1 heterocycles. The number of carbonyl (C=O) groups excluding carboxylic acids is 1. The summed E-state index contributed by atoms with van der Waals surface area (Å²) in [6.07, 6.45) is 1.75. The van der Waals surface area contributed by atoms with Crippen LogP contribution in [0.3, 0.4) is 0 Å². The average Bonchev–Trinajstić information content (AvgIpc) is 3.10. The van der Waals surface area contributed by atoms with Crippen LogP contribution in [0.1, 0.15) is 24.0 Å². The van der Waals surface area contributed by atoms with Gasteiger partial charge in [-0.1, -0.05) is 18.2 Å². The lowest BCUT2D eigenvalue weighted by Gasteiger charge is -2.14. The van der Waals surface area contributed by atoms with E-state index in [2.05, 4.69) is 15.4 Å². The monoisotopic (exact) mass is 409 g/mol. The molecule has 1 saturated heterocycles. The number of amides is 1. The highest BCUT2D eigenvalue weighted by Gasteiger charge is 2.23. The molecule has 6 nitrogen and oxygen atoms in total. The Morgan fingerprint density at radius 3 is 2.56 bits per heavy atom. The molecule has 0 aromatic heterocycles. The quantitative estimate of drug-likeness (QED) is 0.707. The zero-order valence-corrected chi connectivity index (χ0v) is 16.9. The van der Waals surface area contributed by atoms with Gasteiger partial charge >= 0.3 is 0 Å². The fourth-order valence-corrected chi connectivity index (χ4v) is 4.35. The lowest BCUT2D eigenvalue weighted by molar-refractivity contribution is -0.117. The van der Waals surface area contributed by atoms with E-state index < -0.39 is 10.0 Å². The molecular weight excluding hydrogens is 386 g/mol. The Morgan fingerprint density at radius 2 is 1.89 bits per heavy atom. The molecule has 27 heavy (non-hydrogen) atoms. The molecule has 146 valence electrons. The van der Waals surface area contributed by atoms with E-state index in [0.29, 0.717) is 16.9 Å². The highest BCUT2D eigenvalue weighted by molar-refractivity contribution is 7.92. The Kier molecular flexibility index (Phi) is 6.86. The van der Waals surface area contributed by atoms with E-state index >= 15 is 0 Å². The predicted octanol–water partition coefficient (Wildman–Crippen LogP) is 3.22. The molecule has 3 N–H and O–H groups in total. The van der Waals surface area contributed by atoms with Gasteiger partial charge < -0.3 is 10.6 Å². The van der Waals surface area contributed by atoms with Crippen molar-refractivity contribution >= 4 is 39.7 Å². The lowest BCUT2D eigenvalue weighted by atomic mass is 10.2. The third kappa shape index (κ3) is 5.22.